The van der Waals surface area contributed by atoms with E-state index < -0.39 is 10.0 Å². The van der Waals surface area contributed by atoms with Crippen LogP contribution >= 0.6 is 11.3 Å². The van der Waals surface area contributed by atoms with Crippen molar-refractivity contribution in [3.8, 4) is 0 Å². The Kier molecular flexibility index (Phi) is 6.48. The number of benzene rings is 2. The summed E-state index contributed by atoms with van der Waals surface area (Å²) in [4.78, 5) is 20.2. The van der Waals surface area contributed by atoms with Crippen LogP contribution in [0.15, 0.2) is 64.1 Å². The molecule has 0 spiro atoms. The lowest BCUT2D eigenvalue weighted by Gasteiger charge is -2.26. The standard InChI is InChI=1S/C26H27N3O4S2/c1-18-15-23-24(16-19(18)2)34-26(27-23)29(17-21-7-6-14-33-21)25(30)20-8-10-22(11-9-20)35(31,32)28-12-4-3-5-13-28/h6-11,14-16H,3-5,12-13,17H2,1-2H3. The number of anilines is 1. The number of amides is 1. The van der Waals surface area contributed by atoms with Gasteiger partial charge in [-0.3, -0.25) is 9.69 Å². The second-order valence-corrected chi connectivity index (χ2v) is 11.8. The van der Waals surface area contributed by atoms with Gasteiger partial charge in [0.2, 0.25) is 10.0 Å². The number of piperidine rings is 1. The maximum absolute atomic E-state index is 13.6. The Morgan fingerprint density at radius 1 is 1.06 bits per heavy atom. The van der Waals surface area contributed by atoms with Crippen molar-refractivity contribution in [3.63, 3.8) is 0 Å². The van der Waals surface area contributed by atoms with Crippen molar-refractivity contribution in [1.29, 1.82) is 0 Å². The number of fused-ring (bicyclic) bond motifs is 1. The van der Waals surface area contributed by atoms with Gasteiger partial charge in [-0.1, -0.05) is 17.8 Å². The number of carbonyl (C=O) groups is 1. The number of carbonyl (C=O) groups excluding carboxylic acids is 1. The van der Waals surface area contributed by atoms with Crippen LogP contribution in [-0.4, -0.2) is 36.7 Å². The number of hydrogen-bond donors (Lipinski definition) is 0. The van der Waals surface area contributed by atoms with E-state index in [1.165, 1.54) is 33.3 Å². The molecule has 7 nitrogen and oxygen atoms in total. The zero-order valence-corrected chi connectivity index (χ0v) is 21.4. The first-order chi connectivity index (χ1) is 16.8. The molecule has 1 aliphatic rings. The highest BCUT2D eigenvalue weighted by atomic mass is 32.2. The van der Waals surface area contributed by atoms with E-state index in [9.17, 15) is 13.2 Å². The summed E-state index contributed by atoms with van der Waals surface area (Å²) in [5.74, 6) is 0.366. The predicted octanol–water partition coefficient (Wildman–Crippen LogP) is 5.53. The number of furan rings is 1. The maximum Gasteiger partial charge on any atom is 0.260 e. The Hall–Kier alpha value is -3.01. The average molecular weight is 510 g/mol. The molecule has 2 aromatic carbocycles. The molecule has 35 heavy (non-hydrogen) atoms. The largest absolute Gasteiger partial charge is 0.467 e. The lowest BCUT2D eigenvalue weighted by Crippen LogP contribution is -2.35. The van der Waals surface area contributed by atoms with Gasteiger partial charge in [-0.05, 0) is 86.3 Å². The summed E-state index contributed by atoms with van der Waals surface area (Å²) in [6.45, 7) is 5.39. The number of rotatable bonds is 6. The van der Waals surface area contributed by atoms with Gasteiger partial charge in [0, 0.05) is 18.7 Å². The summed E-state index contributed by atoms with van der Waals surface area (Å²) >= 11 is 1.45. The maximum atomic E-state index is 13.6. The Balaban J connectivity index is 1.47. The molecule has 0 unspecified atom stereocenters. The third-order valence-corrected chi connectivity index (χ3v) is 9.37. The number of aromatic nitrogens is 1. The summed E-state index contributed by atoms with van der Waals surface area (Å²) < 4.78 is 34.0. The number of nitrogens with zero attached hydrogens (tertiary/aromatic N) is 3. The monoisotopic (exact) mass is 509 g/mol. The Labute approximate surface area is 209 Å². The number of hydrogen-bond acceptors (Lipinski definition) is 6. The lowest BCUT2D eigenvalue weighted by molar-refractivity contribution is 0.0983. The Morgan fingerprint density at radius 2 is 1.77 bits per heavy atom. The van der Waals surface area contributed by atoms with Crippen LogP contribution in [0.5, 0.6) is 0 Å². The van der Waals surface area contributed by atoms with Crippen molar-refractivity contribution < 1.29 is 17.6 Å². The van der Waals surface area contributed by atoms with Crippen LogP contribution in [0, 0.1) is 13.8 Å². The molecule has 0 N–H and O–H groups in total. The highest BCUT2D eigenvalue weighted by Crippen LogP contribution is 2.33. The lowest BCUT2D eigenvalue weighted by atomic mass is 10.1. The second kappa shape index (κ2) is 9.56. The molecule has 1 saturated heterocycles. The van der Waals surface area contributed by atoms with E-state index in [2.05, 4.69) is 13.0 Å². The molecule has 2 aromatic heterocycles. The summed E-state index contributed by atoms with van der Waals surface area (Å²) in [5.41, 5.74) is 3.54. The van der Waals surface area contributed by atoms with Crippen molar-refractivity contribution in [2.24, 2.45) is 0 Å². The van der Waals surface area contributed by atoms with Gasteiger partial charge < -0.3 is 4.42 Å². The Bertz CT molecular complexity index is 1410. The molecule has 1 amide bonds. The molecular formula is C26H27N3O4S2. The fraction of sp³-hybridized carbons (Fsp3) is 0.308. The van der Waals surface area contributed by atoms with Gasteiger partial charge in [-0.2, -0.15) is 4.31 Å². The van der Waals surface area contributed by atoms with E-state index >= 15 is 0 Å². The first kappa shape index (κ1) is 23.7. The van der Waals surface area contributed by atoms with Gasteiger partial charge >= 0.3 is 0 Å². The molecule has 0 bridgehead atoms. The minimum absolute atomic E-state index is 0.208. The van der Waals surface area contributed by atoms with Crippen LogP contribution < -0.4 is 4.90 Å². The SMILES string of the molecule is Cc1cc2nc(N(Cc3ccco3)C(=O)c3ccc(S(=O)(=O)N4CCCCC4)cc3)sc2cc1C. The molecule has 1 aliphatic heterocycles. The van der Waals surface area contributed by atoms with Crippen LogP contribution in [0.1, 0.15) is 46.5 Å². The van der Waals surface area contributed by atoms with Crippen molar-refractivity contribution in [3.05, 3.63) is 77.2 Å². The summed E-state index contributed by atoms with van der Waals surface area (Å²) in [7, 11) is -3.56. The molecule has 0 atom stereocenters. The number of sulfonamides is 1. The van der Waals surface area contributed by atoms with E-state index in [0.717, 1.165) is 35.0 Å². The molecule has 1 fully saturated rings. The van der Waals surface area contributed by atoms with Crippen LogP contribution in [0.2, 0.25) is 0 Å². The first-order valence-electron chi connectivity index (χ1n) is 11.7. The molecule has 0 saturated carbocycles. The molecule has 5 rings (SSSR count). The van der Waals surface area contributed by atoms with E-state index in [1.807, 2.05) is 19.1 Å². The van der Waals surface area contributed by atoms with Crippen molar-refractivity contribution in [2.75, 3.05) is 18.0 Å². The number of aryl methyl sites for hydroxylation is 2. The fourth-order valence-electron chi connectivity index (χ4n) is 4.25. The van der Waals surface area contributed by atoms with Crippen LogP contribution in [-0.2, 0) is 16.6 Å². The highest BCUT2D eigenvalue weighted by Gasteiger charge is 2.27. The normalized spacial score (nSPS) is 14.9. The zero-order valence-electron chi connectivity index (χ0n) is 19.7. The minimum atomic E-state index is -3.56. The molecule has 3 heterocycles. The van der Waals surface area contributed by atoms with E-state index in [-0.39, 0.29) is 17.3 Å². The van der Waals surface area contributed by atoms with E-state index in [1.54, 1.807) is 29.4 Å². The Morgan fingerprint density at radius 3 is 2.46 bits per heavy atom. The third kappa shape index (κ3) is 4.76. The summed E-state index contributed by atoms with van der Waals surface area (Å²) in [6, 6.07) is 13.9. The smallest absolute Gasteiger partial charge is 0.260 e. The van der Waals surface area contributed by atoms with Gasteiger partial charge in [0.05, 0.1) is 27.9 Å². The summed E-state index contributed by atoms with van der Waals surface area (Å²) in [6.07, 6.45) is 4.37. The van der Waals surface area contributed by atoms with Crippen LogP contribution in [0.3, 0.4) is 0 Å². The minimum Gasteiger partial charge on any atom is -0.467 e. The fourth-order valence-corrected chi connectivity index (χ4v) is 6.81. The quantitative estimate of drug-likeness (QED) is 0.341. The van der Waals surface area contributed by atoms with Crippen molar-refractivity contribution >= 4 is 42.6 Å². The third-order valence-electron chi connectivity index (χ3n) is 6.42. The zero-order chi connectivity index (χ0) is 24.6. The molecule has 0 radical (unpaired) electrons. The predicted molar refractivity (Wildman–Crippen MR) is 137 cm³/mol. The van der Waals surface area contributed by atoms with Gasteiger partial charge in [0.25, 0.3) is 5.91 Å². The topological polar surface area (TPSA) is 83.7 Å². The first-order valence-corrected chi connectivity index (χ1v) is 13.9. The van der Waals surface area contributed by atoms with Crippen molar-refractivity contribution in [1.82, 2.24) is 9.29 Å². The molecule has 0 aliphatic carbocycles. The van der Waals surface area contributed by atoms with Gasteiger partial charge in [-0.15, -0.1) is 0 Å². The van der Waals surface area contributed by atoms with Crippen LogP contribution in [0.4, 0.5) is 5.13 Å². The average Bonchev–Trinajstić information content (AvgIpc) is 3.53. The van der Waals surface area contributed by atoms with E-state index in [0.29, 0.717) is 29.5 Å². The van der Waals surface area contributed by atoms with Gasteiger partial charge in [0.1, 0.15) is 5.76 Å². The molecule has 4 aromatic rings. The summed E-state index contributed by atoms with van der Waals surface area (Å²) in [5, 5.41) is 0.566. The van der Waals surface area contributed by atoms with Crippen molar-refractivity contribution in [2.45, 2.75) is 44.6 Å². The molecule has 182 valence electrons. The molecule has 9 heteroatoms. The highest BCUT2D eigenvalue weighted by molar-refractivity contribution is 7.89. The van der Waals surface area contributed by atoms with Crippen LogP contribution in [0.25, 0.3) is 10.2 Å². The molecular weight excluding hydrogens is 482 g/mol. The van der Waals surface area contributed by atoms with E-state index in [4.69, 9.17) is 9.40 Å². The number of thiazole rings is 1. The second-order valence-electron chi connectivity index (χ2n) is 8.86. The van der Waals surface area contributed by atoms with Gasteiger partial charge in [-0.25, -0.2) is 13.4 Å². The van der Waals surface area contributed by atoms with Gasteiger partial charge in [0.15, 0.2) is 5.13 Å².